The van der Waals surface area contributed by atoms with Crippen molar-refractivity contribution in [2.75, 3.05) is 5.32 Å². The van der Waals surface area contributed by atoms with E-state index in [0.29, 0.717) is 11.1 Å². The van der Waals surface area contributed by atoms with Gasteiger partial charge in [0.25, 0.3) is 11.8 Å². The first-order valence-electron chi connectivity index (χ1n) is 10.5. The lowest BCUT2D eigenvalue weighted by Gasteiger charge is -2.42. The van der Waals surface area contributed by atoms with Crippen LogP contribution in [0.5, 0.6) is 0 Å². The predicted octanol–water partition coefficient (Wildman–Crippen LogP) is 4.49. The number of fused-ring (bicyclic) bond motifs is 1. The van der Waals surface area contributed by atoms with Crippen LogP contribution in [0.15, 0.2) is 42.5 Å². The molecular formula is C25H30N2O4. The minimum atomic E-state index is -1.11. The van der Waals surface area contributed by atoms with Gasteiger partial charge in [0, 0.05) is 16.8 Å². The Morgan fingerprint density at radius 1 is 0.839 bits per heavy atom. The quantitative estimate of drug-likeness (QED) is 0.661. The van der Waals surface area contributed by atoms with Gasteiger partial charge in [-0.15, -0.1) is 0 Å². The van der Waals surface area contributed by atoms with Crippen LogP contribution in [0, 0.1) is 0 Å². The van der Waals surface area contributed by atoms with E-state index in [-0.39, 0.29) is 16.7 Å². The second-order valence-corrected chi connectivity index (χ2v) is 9.59. The molecule has 1 aliphatic carbocycles. The van der Waals surface area contributed by atoms with Crippen molar-refractivity contribution in [3.8, 4) is 0 Å². The lowest BCUT2D eigenvalue weighted by molar-refractivity contribution is -0.138. The van der Waals surface area contributed by atoms with Crippen molar-refractivity contribution < 1.29 is 19.5 Å². The lowest BCUT2D eigenvalue weighted by Crippen LogP contribution is -2.38. The number of amides is 2. The van der Waals surface area contributed by atoms with Crippen LogP contribution >= 0.6 is 0 Å². The van der Waals surface area contributed by atoms with Gasteiger partial charge in [-0.05, 0) is 78.1 Å². The number of carboxylic acid groups (broad SMARTS) is 1. The average Bonchev–Trinajstić information content (AvgIpc) is 2.71. The molecule has 0 fully saturated rings. The SMILES string of the molecule is C[C@H](NC(=O)c1ccc(C(=O)Nc2ccc3c(c2)C(C)(C)CCC3(C)C)cc1)C(=O)O. The van der Waals surface area contributed by atoms with E-state index in [1.54, 1.807) is 12.1 Å². The molecule has 2 aromatic rings. The topological polar surface area (TPSA) is 95.5 Å². The summed E-state index contributed by atoms with van der Waals surface area (Å²) in [6, 6.07) is 11.3. The third-order valence-electron chi connectivity index (χ3n) is 6.24. The molecule has 0 unspecified atom stereocenters. The normalized spacial score (nSPS) is 17.2. The monoisotopic (exact) mass is 422 g/mol. The molecule has 3 N–H and O–H groups in total. The molecule has 164 valence electrons. The zero-order valence-corrected chi connectivity index (χ0v) is 18.7. The van der Waals surface area contributed by atoms with Gasteiger partial charge >= 0.3 is 5.97 Å². The summed E-state index contributed by atoms with van der Waals surface area (Å²) in [6.07, 6.45) is 2.22. The second kappa shape index (κ2) is 8.17. The molecule has 0 heterocycles. The number of anilines is 1. The summed E-state index contributed by atoms with van der Waals surface area (Å²) < 4.78 is 0. The van der Waals surface area contributed by atoms with E-state index in [4.69, 9.17) is 5.11 Å². The number of aliphatic carboxylic acids is 1. The van der Waals surface area contributed by atoms with Crippen molar-refractivity contribution in [2.24, 2.45) is 0 Å². The van der Waals surface area contributed by atoms with Gasteiger partial charge < -0.3 is 15.7 Å². The number of carbonyl (C=O) groups is 3. The van der Waals surface area contributed by atoms with Gasteiger partial charge in [-0.1, -0.05) is 33.8 Å². The largest absolute Gasteiger partial charge is 0.480 e. The third kappa shape index (κ3) is 4.79. The number of benzene rings is 2. The maximum absolute atomic E-state index is 12.7. The van der Waals surface area contributed by atoms with E-state index in [9.17, 15) is 14.4 Å². The van der Waals surface area contributed by atoms with E-state index in [0.717, 1.165) is 18.5 Å². The van der Waals surface area contributed by atoms with Crippen molar-refractivity contribution in [3.05, 3.63) is 64.7 Å². The van der Waals surface area contributed by atoms with Crippen molar-refractivity contribution in [1.29, 1.82) is 0 Å². The molecule has 0 spiro atoms. The second-order valence-electron chi connectivity index (χ2n) is 9.59. The van der Waals surface area contributed by atoms with Gasteiger partial charge in [-0.25, -0.2) is 0 Å². The standard InChI is InChI=1S/C25H30N2O4/c1-15(23(30)31)26-21(28)16-6-8-17(9-7-16)22(29)27-18-10-11-19-20(14-18)25(4,5)13-12-24(19,2)3/h6-11,14-15H,12-13H2,1-5H3,(H,26,28)(H,27,29)(H,30,31)/t15-/m0/s1. The molecule has 0 radical (unpaired) electrons. The minimum Gasteiger partial charge on any atom is -0.480 e. The van der Waals surface area contributed by atoms with Crippen LogP contribution in [-0.2, 0) is 15.6 Å². The maximum atomic E-state index is 12.7. The Balaban J connectivity index is 1.75. The fourth-order valence-corrected chi connectivity index (χ4v) is 3.98. The molecule has 0 saturated carbocycles. The molecule has 6 heteroatoms. The number of hydrogen-bond donors (Lipinski definition) is 3. The van der Waals surface area contributed by atoms with Crippen LogP contribution in [0.3, 0.4) is 0 Å². The van der Waals surface area contributed by atoms with Crippen LogP contribution in [0.4, 0.5) is 5.69 Å². The van der Waals surface area contributed by atoms with E-state index in [2.05, 4.69) is 50.5 Å². The lowest BCUT2D eigenvalue weighted by atomic mass is 9.63. The van der Waals surface area contributed by atoms with Gasteiger partial charge in [-0.3, -0.25) is 14.4 Å². The van der Waals surface area contributed by atoms with Gasteiger partial charge in [-0.2, -0.15) is 0 Å². The van der Waals surface area contributed by atoms with Gasteiger partial charge in [0.2, 0.25) is 0 Å². The van der Waals surface area contributed by atoms with Gasteiger partial charge in [0.05, 0.1) is 0 Å². The van der Waals surface area contributed by atoms with E-state index in [1.165, 1.54) is 30.2 Å². The first-order valence-corrected chi connectivity index (χ1v) is 10.5. The van der Waals surface area contributed by atoms with Crippen molar-refractivity contribution in [3.63, 3.8) is 0 Å². The molecule has 1 aliphatic rings. The minimum absolute atomic E-state index is 0.0493. The van der Waals surface area contributed by atoms with Crippen molar-refractivity contribution in [1.82, 2.24) is 5.32 Å². The molecule has 0 saturated heterocycles. The van der Waals surface area contributed by atoms with Crippen molar-refractivity contribution in [2.45, 2.75) is 64.3 Å². The van der Waals surface area contributed by atoms with Crippen LogP contribution < -0.4 is 10.6 Å². The maximum Gasteiger partial charge on any atom is 0.325 e. The fraction of sp³-hybridized carbons (Fsp3) is 0.400. The molecule has 1 atom stereocenters. The molecule has 2 amide bonds. The molecular weight excluding hydrogens is 392 g/mol. The van der Waals surface area contributed by atoms with Crippen LogP contribution in [-0.4, -0.2) is 28.9 Å². The highest BCUT2D eigenvalue weighted by Crippen LogP contribution is 2.46. The first kappa shape index (κ1) is 22.5. The highest BCUT2D eigenvalue weighted by atomic mass is 16.4. The van der Waals surface area contributed by atoms with Crippen LogP contribution in [0.1, 0.15) is 79.3 Å². The highest BCUT2D eigenvalue weighted by Gasteiger charge is 2.37. The fourth-order valence-electron chi connectivity index (χ4n) is 3.98. The average molecular weight is 423 g/mol. The molecule has 0 aromatic heterocycles. The number of carbonyl (C=O) groups excluding carboxylic acids is 2. The summed E-state index contributed by atoms with van der Waals surface area (Å²) >= 11 is 0. The summed E-state index contributed by atoms with van der Waals surface area (Å²) in [6.45, 7) is 10.4. The third-order valence-corrected chi connectivity index (χ3v) is 6.24. The number of carboxylic acids is 1. The first-order chi connectivity index (χ1) is 14.4. The summed E-state index contributed by atoms with van der Waals surface area (Å²) in [5.74, 6) is -1.87. The molecule has 31 heavy (non-hydrogen) atoms. The summed E-state index contributed by atoms with van der Waals surface area (Å²) in [7, 11) is 0. The predicted molar refractivity (Wildman–Crippen MR) is 121 cm³/mol. The number of nitrogens with one attached hydrogen (secondary N) is 2. The van der Waals surface area contributed by atoms with Crippen LogP contribution in [0.2, 0.25) is 0 Å². The smallest absolute Gasteiger partial charge is 0.325 e. The Kier molecular flexibility index (Phi) is 5.94. The Labute approximate surface area is 183 Å². The molecule has 3 rings (SSSR count). The number of rotatable bonds is 5. The van der Waals surface area contributed by atoms with Gasteiger partial charge in [0.1, 0.15) is 6.04 Å². The Morgan fingerprint density at radius 2 is 1.35 bits per heavy atom. The Morgan fingerprint density at radius 3 is 1.90 bits per heavy atom. The highest BCUT2D eigenvalue weighted by molar-refractivity contribution is 6.05. The zero-order chi connectivity index (χ0) is 23.0. The summed E-state index contributed by atoms with van der Waals surface area (Å²) in [4.78, 5) is 35.7. The van der Waals surface area contributed by atoms with Crippen molar-refractivity contribution >= 4 is 23.5 Å². The summed E-state index contributed by atoms with van der Waals surface area (Å²) in [5.41, 5.74) is 4.21. The van der Waals surface area contributed by atoms with E-state index >= 15 is 0 Å². The zero-order valence-electron chi connectivity index (χ0n) is 18.7. The molecule has 0 bridgehead atoms. The summed E-state index contributed by atoms with van der Waals surface area (Å²) in [5, 5.41) is 14.2. The van der Waals surface area contributed by atoms with E-state index in [1.807, 2.05) is 6.07 Å². The van der Waals surface area contributed by atoms with E-state index < -0.39 is 17.9 Å². The molecule has 6 nitrogen and oxygen atoms in total. The van der Waals surface area contributed by atoms with Crippen LogP contribution in [0.25, 0.3) is 0 Å². The molecule has 2 aromatic carbocycles. The Bertz CT molecular complexity index is 1020. The number of hydrogen-bond acceptors (Lipinski definition) is 3. The molecule has 0 aliphatic heterocycles. The Hall–Kier alpha value is -3.15. The van der Waals surface area contributed by atoms with Gasteiger partial charge in [0.15, 0.2) is 0 Å².